The van der Waals surface area contributed by atoms with Crippen molar-refractivity contribution in [3.05, 3.63) is 41.2 Å². The van der Waals surface area contributed by atoms with Crippen LogP contribution in [0.2, 0.25) is 0 Å². The molecule has 1 aromatic heterocycles. The van der Waals surface area contributed by atoms with E-state index in [0.29, 0.717) is 6.04 Å². The van der Waals surface area contributed by atoms with E-state index in [1.165, 1.54) is 5.56 Å². The maximum atomic E-state index is 12.6. The molecule has 0 unspecified atom stereocenters. The number of carbonyl (C=O) groups is 1. The first-order valence-corrected chi connectivity index (χ1v) is 8.62. The van der Waals surface area contributed by atoms with Crippen LogP contribution in [0.5, 0.6) is 0 Å². The van der Waals surface area contributed by atoms with E-state index in [4.69, 9.17) is 0 Å². The second kappa shape index (κ2) is 6.77. The van der Waals surface area contributed by atoms with Gasteiger partial charge < -0.3 is 10.6 Å². The van der Waals surface area contributed by atoms with Crippen molar-refractivity contribution >= 4 is 11.6 Å². The minimum absolute atomic E-state index is 0.0738. The highest BCUT2D eigenvalue weighted by Crippen LogP contribution is 2.24. The van der Waals surface area contributed by atoms with E-state index in [-0.39, 0.29) is 11.8 Å². The average molecular weight is 326 g/mol. The lowest BCUT2D eigenvalue weighted by Gasteiger charge is -2.27. The normalized spacial score (nSPS) is 20.8. The molecule has 2 heterocycles. The number of nitrogens with one attached hydrogen (secondary N) is 2. The predicted molar refractivity (Wildman–Crippen MR) is 96.6 cm³/mol. The number of hydrogen-bond acceptors (Lipinski definition) is 3. The Kier molecular flexibility index (Phi) is 4.71. The van der Waals surface area contributed by atoms with Crippen molar-refractivity contribution in [2.45, 2.75) is 46.6 Å². The molecule has 2 atom stereocenters. The predicted octanol–water partition coefficient (Wildman–Crippen LogP) is 3.12. The number of carbonyl (C=O) groups excluding carboxylic acids is 1. The Morgan fingerprint density at radius 1 is 1.33 bits per heavy atom. The maximum Gasteiger partial charge on any atom is 0.227 e. The number of amides is 1. The van der Waals surface area contributed by atoms with Crippen LogP contribution >= 0.6 is 0 Å². The number of nitrogens with zero attached hydrogens (tertiary/aromatic N) is 2. The van der Waals surface area contributed by atoms with Crippen LogP contribution in [0.1, 0.15) is 36.6 Å². The molecule has 2 aromatic rings. The van der Waals surface area contributed by atoms with Crippen LogP contribution in [-0.2, 0) is 4.79 Å². The van der Waals surface area contributed by atoms with Crippen molar-refractivity contribution < 1.29 is 4.79 Å². The SMILES string of the molecule is Cc1ccc(C)c(-n2ncc(NC(=O)[C@H]3CCN[C@@H](C)C3)c2C)c1. The molecular weight excluding hydrogens is 300 g/mol. The lowest BCUT2D eigenvalue weighted by Crippen LogP contribution is -2.40. The summed E-state index contributed by atoms with van der Waals surface area (Å²) in [6.07, 6.45) is 3.52. The fourth-order valence-electron chi connectivity index (χ4n) is 3.33. The van der Waals surface area contributed by atoms with Crippen LogP contribution in [0.4, 0.5) is 5.69 Å². The van der Waals surface area contributed by atoms with Gasteiger partial charge in [0.2, 0.25) is 5.91 Å². The number of aromatic nitrogens is 2. The van der Waals surface area contributed by atoms with Gasteiger partial charge in [0.15, 0.2) is 0 Å². The van der Waals surface area contributed by atoms with E-state index in [9.17, 15) is 4.79 Å². The highest BCUT2D eigenvalue weighted by molar-refractivity contribution is 5.93. The zero-order chi connectivity index (χ0) is 17.3. The van der Waals surface area contributed by atoms with Gasteiger partial charge in [-0.2, -0.15) is 5.10 Å². The van der Waals surface area contributed by atoms with E-state index in [2.05, 4.69) is 54.7 Å². The molecule has 3 rings (SSSR count). The van der Waals surface area contributed by atoms with Gasteiger partial charge in [-0.05, 0) is 64.3 Å². The molecule has 5 heteroatoms. The largest absolute Gasteiger partial charge is 0.323 e. The lowest BCUT2D eigenvalue weighted by atomic mass is 9.92. The van der Waals surface area contributed by atoms with Gasteiger partial charge >= 0.3 is 0 Å². The molecule has 1 saturated heterocycles. The summed E-state index contributed by atoms with van der Waals surface area (Å²) in [5.74, 6) is 0.177. The number of rotatable bonds is 3. The molecule has 2 N–H and O–H groups in total. The van der Waals surface area contributed by atoms with Crippen LogP contribution < -0.4 is 10.6 Å². The summed E-state index contributed by atoms with van der Waals surface area (Å²) in [5.41, 5.74) is 5.17. The van der Waals surface area contributed by atoms with Gasteiger partial charge in [0.05, 0.1) is 23.3 Å². The van der Waals surface area contributed by atoms with E-state index in [1.807, 2.05) is 11.6 Å². The summed E-state index contributed by atoms with van der Waals surface area (Å²) in [7, 11) is 0. The van der Waals surface area contributed by atoms with Gasteiger partial charge in [-0.15, -0.1) is 0 Å². The van der Waals surface area contributed by atoms with Gasteiger partial charge in [-0.25, -0.2) is 4.68 Å². The number of benzene rings is 1. The molecule has 1 fully saturated rings. The van der Waals surface area contributed by atoms with Crippen molar-refractivity contribution in [3.8, 4) is 5.69 Å². The summed E-state index contributed by atoms with van der Waals surface area (Å²) in [6, 6.07) is 6.71. The van der Waals surface area contributed by atoms with Crippen molar-refractivity contribution in [3.63, 3.8) is 0 Å². The fraction of sp³-hybridized carbons (Fsp3) is 0.474. The van der Waals surface area contributed by atoms with Gasteiger partial charge in [0.1, 0.15) is 0 Å². The van der Waals surface area contributed by atoms with Crippen LogP contribution in [0, 0.1) is 26.7 Å². The number of piperidine rings is 1. The first-order valence-electron chi connectivity index (χ1n) is 8.62. The third-order valence-electron chi connectivity index (χ3n) is 4.85. The summed E-state index contributed by atoms with van der Waals surface area (Å²) in [5, 5.41) is 10.9. The highest BCUT2D eigenvalue weighted by Gasteiger charge is 2.25. The monoisotopic (exact) mass is 326 g/mol. The van der Waals surface area contributed by atoms with E-state index in [0.717, 1.165) is 42.0 Å². The molecule has 0 bridgehead atoms. The minimum Gasteiger partial charge on any atom is -0.323 e. The Bertz CT molecular complexity index is 750. The molecule has 0 saturated carbocycles. The highest BCUT2D eigenvalue weighted by atomic mass is 16.1. The first kappa shape index (κ1) is 16.7. The minimum atomic E-state index is 0.0738. The molecule has 1 amide bonds. The summed E-state index contributed by atoms with van der Waals surface area (Å²) in [4.78, 5) is 12.6. The number of aryl methyl sites for hydroxylation is 2. The van der Waals surface area contributed by atoms with E-state index >= 15 is 0 Å². The molecule has 1 aliphatic heterocycles. The molecule has 5 nitrogen and oxygen atoms in total. The Hall–Kier alpha value is -2.14. The van der Waals surface area contributed by atoms with Gasteiger partial charge in [0, 0.05) is 12.0 Å². The second-order valence-electron chi connectivity index (χ2n) is 6.91. The Morgan fingerprint density at radius 2 is 2.12 bits per heavy atom. The van der Waals surface area contributed by atoms with E-state index < -0.39 is 0 Å². The quantitative estimate of drug-likeness (QED) is 0.911. The summed E-state index contributed by atoms with van der Waals surface area (Å²) in [6.45, 7) is 9.17. The number of anilines is 1. The van der Waals surface area contributed by atoms with Crippen molar-refractivity contribution in [1.29, 1.82) is 0 Å². The molecular formula is C19H26N4O. The van der Waals surface area contributed by atoms with Crippen molar-refractivity contribution in [2.75, 3.05) is 11.9 Å². The Labute approximate surface area is 143 Å². The maximum absolute atomic E-state index is 12.6. The Morgan fingerprint density at radius 3 is 2.88 bits per heavy atom. The zero-order valence-corrected chi connectivity index (χ0v) is 14.9. The van der Waals surface area contributed by atoms with E-state index in [1.54, 1.807) is 6.20 Å². The molecule has 0 radical (unpaired) electrons. The molecule has 0 aliphatic carbocycles. The summed E-state index contributed by atoms with van der Waals surface area (Å²) >= 11 is 0. The standard InChI is InChI=1S/C19H26N4O/c1-12-5-6-13(2)18(9-12)23-15(4)17(11-21-23)22-19(24)16-7-8-20-14(3)10-16/h5-6,9,11,14,16,20H,7-8,10H2,1-4H3,(H,22,24)/t14-,16-/m0/s1. The van der Waals surface area contributed by atoms with Crippen molar-refractivity contribution in [1.82, 2.24) is 15.1 Å². The Balaban J connectivity index is 1.80. The third-order valence-corrected chi connectivity index (χ3v) is 4.85. The second-order valence-corrected chi connectivity index (χ2v) is 6.91. The molecule has 128 valence electrons. The zero-order valence-electron chi connectivity index (χ0n) is 14.9. The smallest absolute Gasteiger partial charge is 0.227 e. The lowest BCUT2D eigenvalue weighted by molar-refractivity contribution is -0.120. The van der Waals surface area contributed by atoms with Crippen LogP contribution in [0.25, 0.3) is 5.69 Å². The molecule has 1 aromatic carbocycles. The first-order chi connectivity index (χ1) is 11.5. The topological polar surface area (TPSA) is 59.0 Å². The van der Waals surface area contributed by atoms with Gasteiger partial charge in [0.25, 0.3) is 0 Å². The van der Waals surface area contributed by atoms with Gasteiger partial charge in [-0.1, -0.05) is 12.1 Å². The third kappa shape index (κ3) is 3.36. The molecule has 0 spiro atoms. The average Bonchev–Trinajstić information content (AvgIpc) is 2.90. The summed E-state index contributed by atoms with van der Waals surface area (Å²) < 4.78 is 1.91. The number of hydrogen-bond donors (Lipinski definition) is 2. The van der Waals surface area contributed by atoms with Gasteiger partial charge in [-0.3, -0.25) is 4.79 Å². The molecule has 24 heavy (non-hydrogen) atoms. The fourth-order valence-corrected chi connectivity index (χ4v) is 3.33. The van der Waals surface area contributed by atoms with Crippen LogP contribution in [0.3, 0.4) is 0 Å². The van der Waals surface area contributed by atoms with Crippen LogP contribution in [0.15, 0.2) is 24.4 Å². The van der Waals surface area contributed by atoms with Crippen molar-refractivity contribution in [2.24, 2.45) is 5.92 Å². The molecule has 1 aliphatic rings. The van der Waals surface area contributed by atoms with Crippen LogP contribution in [-0.4, -0.2) is 28.3 Å².